The molecule has 0 saturated carbocycles. The van der Waals surface area contributed by atoms with Crippen LogP contribution in [0.15, 0.2) is 91.0 Å². The minimum absolute atomic E-state index is 0.102. The van der Waals surface area contributed by atoms with Crippen molar-refractivity contribution in [1.29, 1.82) is 0 Å². The van der Waals surface area contributed by atoms with Crippen LogP contribution in [0.3, 0.4) is 0 Å². The fourth-order valence-electron chi connectivity index (χ4n) is 7.51. The molecular formula is C40H46FN5O3. The van der Waals surface area contributed by atoms with Crippen LogP contribution in [0.25, 0.3) is 10.8 Å². The van der Waals surface area contributed by atoms with Crippen LogP contribution in [-0.4, -0.2) is 71.3 Å². The van der Waals surface area contributed by atoms with Gasteiger partial charge in [0, 0.05) is 44.7 Å². The molecular weight excluding hydrogens is 617 g/mol. The van der Waals surface area contributed by atoms with E-state index in [9.17, 15) is 18.8 Å². The molecule has 0 bridgehead atoms. The lowest BCUT2D eigenvalue weighted by Gasteiger charge is -2.47. The summed E-state index contributed by atoms with van der Waals surface area (Å²) in [5.74, 6) is -1.57. The van der Waals surface area contributed by atoms with E-state index in [0.717, 1.165) is 33.0 Å². The molecule has 6 rings (SSSR count). The van der Waals surface area contributed by atoms with Crippen molar-refractivity contribution in [3.8, 4) is 0 Å². The van der Waals surface area contributed by atoms with Gasteiger partial charge < -0.3 is 21.3 Å². The summed E-state index contributed by atoms with van der Waals surface area (Å²) >= 11 is 0. The summed E-state index contributed by atoms with van der Waals surface area (Å²) in [4.78, 5) is 45.3. The number of nitrogens with zero attached hydrogens (tertiary/aromatic N) is 2. The molecule has 0 spiro atoms. The standard InChI is InChI=1S/C40H46FN5O3/c1-25(2)36-24-45(26(3)37(38(42)47)31-15-14-28-8-4-5-9-29(28)21-31)18-19-46(36)40(49)35(20-27-12-16-33(41)17-13-27)44-39(48)34-22-30-10-6-7-11-32(30)23-43-34/h4-17,21,25-26,34-37,43H,18-20,22-24H2,1-3H3,(H2,42,47)(H,44,48). The molecule has 8 nitrogen and oxygen atoms in total. The zero-order valence-corrected chi connectivity index (χ0v) is 28.4. The number of hydrogen-bond donors (Lipinski definition) is 3. The van der Waals surface area contributed by atoms with Crippen molar-refractivity contribution < 1.29 is 18.8 Å². The third-order valence-corrected chi connectivity index (χ3v) is 10.4. The van der Waals surface area contributed by atoms with Crippen molar-refractivity contribution in [3.05, 3.63) is 119 Å². The van der Waals surface area contributed by atoms with E-state index in [2.05, 4.69) is 35.4 Å². The highest BCUT2D eigenvalue weighted by molar-refractivity contribution is 5.91. The number of hydrogen-bond acceptors (Lipinski definition) is 5. The Balaban J connectivity index is 1.21. The third-order valence-electron chi connectivity index (χ3n) is 10.4. The fraction of sp³-hybridized carbons (Fsp3) is 0.375. The Hall–Kier alpha value is -4.60. The molecule has 49 heavy (non-hydrogen) atoms. The fourth-order valence-corrected chi connectivity index (χ4v) is 7.51. The molecule has 9 heteroatoms. The second kappa shape index (κ2) is 14.9. The van der Waals surface area contributed by atoms with Gasteiger partial charge in [0.2, 0.25) is 17.7 Å². The summed E-state index contributed by atoms with van der Waals surface area (Å²) in [5, 5.41) is 8.56. The maximum absolute atomic E-state index is 14.5. The summed E-state index contributed by atoms with van der Waals surface area (Å²) in [5.41, 5.74) is 9.96. The van der Waals surface area contributed by atoms with Crippen molar-refractivity contribution in [2.75, 3.05) is 19.6 Å². The number of fused-ring (bicyclic) bond motifs is 2. The molecule has 5 atom stereocenters. The van der Waals surface area contributed by atoms with Gasteiger partial charge in [-0.15, -0.1) is 0 Å². The van der Waals surface area contributed by atoms with E-state index in [4.69, 9.17) is 5.73 Å². The van der Waals surface area contributed by atoms with Gasteiger partial charge >= 0.3 is 0 Å². The van der Waals surface area contributed by atoms with Crippen LogP contribution in [0.2, 0.25) is 0 Å². The monoisotopic (exact) mass is 663 g/mol. The number of carbonyl (C=O) groups excluding carboxylic acids is 3. The van der Waals surface area contributed by atoms with Crippen LogP contribution in [0.1, 0.15) is 48.9 Å². The summed E-state index contributed by atoms with van der Waals surface area (Å²) in [6, 6.07) is 26.5. The number of piperazine rings is 1. The normalized spacial score (nSPS) is 20.0. The molecule has 1 saturated heterocycles. The van der Waals surface area contributed by atoms with Crippen LogP contribution in [0, 0.1) is 11.7 Å². The van der Waals surface area contributed by atoms with Crippen molar-refractivity contribution in [3.63, 3.8) is 0 Å². The van der Waals surface area contributed by atoms with Gasteiger partial charge in [-0.25, -0.2) is 4.39 Å². The Morgan fingerprint density at radius 2 is 1.59 bits per heavy atom. The molecule has 2 aliphatic rings. The van der Waals surface area contributed by atoms with Gasteiger partial charge in [0.1, 0.15) is 11.9 Å². The van der Waals surface area contributed by atoms with Gasteiger partial charge in [0.05, 0.1) is 12.0 Å². The molecule has 0 aliphatic carbocycles. The second-order valence-electron chi connectivity index (χ2n) is 13.9. The van der Waals surface area contributed by atoms with Crippen molar-refractivity contribution in [2.24, 2.45) is 11.7 Å². The number of nitrogens with two attached hydrogens (primary N) is 1. The predicted molar refractivity (Wildman–Crippen MR) is 190 cm³/mol. The van der Waals surface area contributed by atoms with Crippen LogP contribution in [0.4, 0.5) is 4.39 Å². The highest BCUT2D eigenvalue weighted by atomic mass is 19.1. The first kappa shape index (κ1) is 34.3. The first-order valence-corrected chi connectivity index (χ1v) is 17.3. The molecule has 0 radical (unpaired) electrons. The van der Waals surface area contributed by atoms with E-state index in [1.54, 1.807) is 12.1 Å². The molecule has 2 aliphatic heterocycles. The molecule has 5 unspecified atom stereocenters. The van der Waals surface area contributed by atoms with Crippen molar-refractivity contribution in [2.45, 2.75) is 70.2 Å². The van der Waals surface area contributed by atoms with Gasteiger partial charge in [-0.05, 0) is 64.4 Å². The quantitative estimate of drug-likeness (QED) is 0.231. The van der Waals surface area contributed by atoms with Crippen LogP contribution in [0.5, 0.6) is 0 Å². The molecule has 4 aromatic carbocycles. The maximum atomic E-state index is 14.5. The largest absolute Gasteiger partial charge is 0.369 e. The molecule has 2 heterocycles. The van der Waals surface area contributed by atoms with E-state index in [0.29, 0.717) is 32.6 Å². The number of rotatable bonds is 10. The van der Waals surface area contributed by atoms with Gasteiger partial charge in [-0.1, -0.05) is 92.7 Å². The van der Waals surface area contributed by atoms with E-state index in [-0.39, 0.29) is 48.0 Å². The Bertz CT molecular complexity index is 1810. The highest BCUT2D eigenvalue weighted by Crippen LogP contribution is 2.30. The number of carbonyl (C=O) groups is 3. The van der Waals surface area contributed by atoms with E-state index in [1.807, 2.05) is 72.5 Å². The van der Waals surface area contributed by atoms with Crippen molar-refractivity contribution >= 4 is 28.5 Å². The van der Waals surface area contributed by atoms with Gasteiger partial charge in [-0.2, -0.15) is 0 Å². The minimum atomic E-state index is -0.835. The highest BCUT2D eigenvalue weighted by Gasteiger charge is 2.40. The number of nitrogens with one attached hydrogen (secondary N) is 2. The summed E-state index contributed by atoms with van der Waals surface area (Å²) in [6.45, 7) is 8.32. The smallest absolute Gasteiger partial charge is 0.245 e. The first-order valence-electron chi connectivity index (χ1n) is 17.3. The average Bonchev–Trinajstić information content (AvgIpc) is 3.11. The topological polar surface area (TPSA) is 108 Å². The Morgan fingerprint density at radius 3 is 2.31 bits per heavy atom. The number of amides is 3. The number of benzene rings is 4. The number of halogens is 1. The SMILES string of the molecule is CC(C)C1CN(C(C)C(C(N)=O)c2ccc3ccccc3c2)CCN1C(=O)C(Cc1ccc(F)cc1)NC(=O)C1Cc2ccccc2CN1. The Morgan fingerprint density at radius 1 is 0.898 bits per heavy atom. The zero-order valence-electron chi connectivity index (χ0n) is 28.4. The van der Waals surface area contributed by atoms with Crippen molar-refractivity contribution in [1.82, 2.24) is 20.4 Å². The minimum Gasteiger partial charge on any atom is -0.369 e. The first-order chi connectivity index (χ1) is 23.6. The predicted octanol–water partition coefficient (Wildman–Crippen LogP) is 4.55. The molecule has 3 amide bonds. The maximum Gasteiger partial charge on any atom is 0.245 e. The second-order valence-corrected chi connectivity index (χ2v) is 13.9. The average molecular weight is 664 g/mol. The summed E-state index contributed by atoms with van der Waals surface area (Å²) in [6.07, 6.45) is 0.768. The lowest BCUT2D eigenvalue weighted by molar-refractivity contribution is -0.143. The van der Waals surface area contributed by atoms with Crippen LogP contribution < -0.4 is 16.4 Å². The molecule has 1 fully saturated rings. The Kier molecular flexibility index (Phi) is 10.4. The van der Waals surface area contributed by atoms with Gasteiger partial charge in [0.25, 0.3) is 0 Å². The molecule has 0 aromatic heterocycles. The molecule has 256 valence electrons. The molecule has 4 aromatic rings. The summed E-state index contributed by atoms with van der Waals surface area (Å²) in [7, 11) is 0. The lowest BCUT2D eigenvalue weighted by atomic mass is 9.87. The van der Waals surface area contributed by atoms with E-state index in [1.165, 1.54) is 12.1 Å². The zero-order chi connectivity index (χ0) is 34.7. The third kappa shape index (κ3) is 7.68. The van der Waals surface area contributed by atoms with E-state index < -0.39 is 18.0 Å². The summed E-state index contributed by atoms with van der Waals surface area (Å²) < 4.78 is 13.8. The van der Waals surface area contributed by atoms with Crippen LogP contribution >= 0.6 is 0 Å². The van der Waals surface area contributed by atoms with E-state index >= 15 is 0 Å². The lowest BCUT2D eigenvalue weighted by Crippen LogP contribution is -2.64. The van der Waals surface area contributed by atoms with Crippen LogP contribution in [-0.2, 0) is 33.8 Å². The van der Waals surface area contributed by atoms with Gasteiger partial charge in [-0.3, -0.25) is 19.3 Å². The van der Waals surface area contributed by atoms with Gasteiger partial charge in [0.15, 0.2) is 0 Å². The number of primary amides is 1. The molecule has 4 N–H and O–H groups in total. The Labute approximate surface area is 287 Å².